The van der Waals surface area contributed by atoms with Crippen LogP contribution in [0.1, 0.15) is 34.3 Å². The summed E-state index contributed by atoms with van der Waals surface area (Å²) in [6.07, 6.45) is 3.40. The van der Waals surface area contributed by atoms with Crippen molar-refractivity contribution in [2.75, 3.05) is 13.1 Å². The Morgan fingerprint density at radius 3 is 2.86 bits per heavy atom. The van der Waals surface area contributed by atoms with E-state index in [9.17, 15) is 9.59 Å². The van der Waals surface area contributed by atoms with Crippen LogP contribution in [-0.2, 0) is 0 Å². The highest BCUT2D eigenvalue weighted by Gasteiger charge is 2.29. The fourth-order valence-corrected chi connectivity index (χ4v) is 2.80. The Hall–Kier alpha value is -2.44. The smallest absolute Gasteiger partial charge is 0.272 e. The molecule has 2 aromatic rings. The second-order valence-electron chi connectivity index (χ2n) is 5.38. The number of likely N-dealkylation sites (tertiary alicyclic amines) is 1. The Kier molecular flexibility index (Phi) is 3.32. The monoisotopic (exact) mass is 287 g/mol. The van der Waals surface area contributed by atoms with E-state index in [2.05, 4.69) is 15.1 Å². The van der Waals surface area contributed by atoms with Crippen LogP contribution >= 0.6 is 0 Å². The predicted molar refractivity (Wildman–Crippen MR) is 76.1 cm³/mol. The van der Waals surface area contributed by atoms with Crippen molar-refractivity contribution in [2.45, 2.75) is 26.3 Å². The normalized spacial score (nSPS) is 18.2. The van der Waals surface area contributed by atoms with E-state index in [1.807, 2.05) is 24.6 Å². The minimum Gasteiger partial charge on any atom is -0.335 e. The second-order valence-corrected chi connectivity index (χ2v) is 5.38. The largest absolute Gasteiger partial charge is 0.335 e. The Morgan fingerprint density at radius 1 is 1.38 bits per heavy atom. The van der Waals surface area contributed by atoms with Gasteiger partial charge in [0, 0.05) is 18.8 Å². The molecule has 3 rings (SSSR count). The van der Waals surface area contributed by atoms with Crippen molar-refractivity contribution in [2.24, 2.45) is 0 Å². The first kappa shape index (κ1) is 13.5. The van der Waals surface area contributed by atoms with Gasteiger partial charge in [-0.25, -0.2) is 0 Å². The highest BCUT2D eigenvalue weighted by atomic mass is 16.2. The number of aryl methyl sites for hydroxylation is 2. The molecule has 0 spiro atoms. The molecule has 1 saturated heterocycles. The molecule has 0 bridgehead atoms. The van der Waals surface area contributed by atoms with E-state index in [1.54, 1.807) is 4.90 Å². The molecule has 2 aromatic heterocycles. The molecular formula is C14H17N5O2. The number of H-pyrrole nitrogens is 1. The lowest BCUT2D eigenvalue weighted by atomic mass is 10.2. The summed E-state index contributed by atoms with van der Waals surface area (Å²) in [6.45, 7) is 5.22. The molecule has 110 valence electrons. The van der Waals surface area contributed by atoms with Gasteiger partial charge in [-0.2, -0.15) is 5.10 Å². The molecule has 3 heterocycles. The zero-order valence-corrected chi connectivity index (χ0v) is 12.0. The van der Waals surface area contributed by atoms with Crippen molar-refractivity contribution in [1.29, 1.82) is 0 Å². The molecule has 1 aliphatic rings. The Balaban J connectivity index is 1.76. The van der Waals surface area contributed by atoms with Gasteiger partial charge in [-0.05, 0) is 26.3 Å². The van der Waals surface area contributed by atoms with Crippen LogP contribution in [0.15, 0.2) is 23.3 Å². The van der Waals surface area contributed by atoms with Crippen molar-refractivity contribution >= 4 is 5.91 Å². The number of carbonyl (C=O) groups excluding carboxylic acids is 1. The fraction of sp³-hybridized carbons (Fsp3) is 0.429. The Morgan fingerprint density at radius 2 is 2.19 bits per heavy atom. The van der Waals surface area contributed by atoms with Gasteiger partial charge in [-0.3, -0.25) is 19.3 Å². The van der Waals surface area contributed by atoms with E-state index in [0.717, 1.165) is 24.0 Å². The molecule has 21 heavy (non-hydrogen) atoms. The summed E-state index contributed by atoms with van der Waals surface area (Å²) in [5.41, 5.74) is 1.95. The van der Waals surface area contributed by atoms with Crippen LogP contribution in [0.25, 0.3) is 0 Å². The van der Waals surface area contributed by atoms with Gasteiger partial charge in [-0.15, -0.1) is 0 Å². The molecule has 7 nitrogen and oxygen atoms in total. The van der Waals surface area contributed by atoms with Gasteiger partial charge >= 0.3 is 0 Å². The van der Waals surface area contributed by atoms with Gasteiger partial charge in [0.1, 0.15) is 5.69 Å². The standard InChI is InChI=1S/C14H17N5O2/c1-9-5-10(2)19(17-9)11-3-4-18(8-11)14(21)12-6-15-7-13(20)16-12/h5-7,11H,3-4,8H2,1-2H3,(H,16,20). The molecule has 1 aliphatic heterocycles. The predicted octanol–water partition coefficient (Wildman–Crippen LogP) is 0.670. The van der Waals surface area contributed by atoms with E-state index in [1.165, 1.54) is 6.20 Å². The van der Waals surface area contributed by atoms with Crippen LogP contribution in [0.2, 0.25) is 0 Å². The van der Waals surface area contributed by atoms with Crippen molar-refractivity contribution in [1.82, 2.24) is 24.6 Å². The molecule has 1 fully saturated rings. The van der Waals surface area contributed by atoms with Crippen LogP contribution < -0.4 is 5.56 Å². The molecule has 1 unspecified atom stereocenters. The van der Waals surface area contributed by atoms with E-state index in [0.29, 0.717) is 13.1 Å². The van der Waals surface area contributed by atoms with Crippen LogP contribution in [0, 0.1) is 13.8 Å². The number of nitrogens with zero attached hydrogens (tertiary/aromatic N) is 4. The SMILES string of the molecule is Cc1cc(C)n(C2CCN(C(=O)c3cncc(=O)[nH]3)C2)n1. The number of aromatic nitrogens is 4. The molecule has 1 atom stereocenters. The Bertz CT molecular complexity index is 733. The van der Waals surface area contributed by atoms with Gasteiger partial charge in [0.2, 0.25) is 0 Å². The lowest BCUT2D eigenvalue weighted by molar-refractivity contribution is 0.0780. The fourth-order valence-electron chi connectivity index (χ4n) is 2.80. The maximum absolute atomic E-state index is 12.4. The van der Waals surface area contributed by atoms with Crippen LogP contribution in [-0.4, -0.2) is 43.6 Å². The van der Waals surface area contributed by atoms with Crippen molar-refractivity contribution < 1.29 is 4.79 Å². The van der Waals surface area contributed by atoms with Crippen molar-refractivity contribution in [3.63, 3.8) is 0 Å². The number of carbonyl (C=O) groups is 1. The summed E-state index contributed by atoms with van der Waals surface area (Å²) in [6, 6.07) is 2.22. The molecule has 7 heteroatoms. The first-order valence-corrected chi connectivity index (χ1v) is 6.91. The molecular weight excluding hydrogens is 270 g/mol. The molecule has 0 saturated carbocycles. The first-order chi connectivity index (χ1) is 10.0. The van der Waals surface area contributed by atoms with Crippen molar-refractivity contribution in [3.05, 3.63) is 45.9 Å². The van der Waals surface area contributed by atoms with Crippen LogP contribution in [0.3, 0.4) is 0 Å². The van der Waals surface area contributed by atoms with E-state index < -0.39 is 0 Å². The van der Waals surface area contributed by atoms with Gasteiger partial charge in [0.25, 0.3) is 11.5 Å². The van der Waals surface area contributed by atoms with E-state index in [-0.39, 0.29) is 23.2 Å². The molecule has 1 amide bonds. The number of hydrogen-bond acceptors (Lipinski definition) is 4. The Labute approximate surface area is 121 Å². The third kappa shape index (κ3) is 2.58. The molecule has 1 N–H and O–H groups in total. The second kappa shape index (κ2) is 5.16. The number of rotatable bonds is 2. The quantitative estimate of drug-likeness (QED) is 0.880. The zero-order chi connectivity index (χ0) is 15.0. The van der Waals surface area contributed by atoms with E-state index >= 15 is 0 Å². The zero-order valence-electron chi connectivity index (χ0n) is 12.0. The number of aromatic amines is 1. The average molecular weight is 287 g/mol. The maximum atomic E-state index is 12.4. The van der Waals surface area contributed by atoms with Gasteiger partial charge in [0.15, 0.2) is 0 Å². The highest BCUT2D eigenvalue weighted by Crippen LogP contribution is 2.23. The summed E-state index contributed by atoms with van der Waals surface area (Å²) in [4.78, 5) is 31.6. The minimum absolute atomic E-state index is 0.186. The summed E-state index contributed by atoms with van der Waals surface area (Å²) in [5.74, 6) is -0.191. The number of amides is 1. The van der Waals surface area contributed by atoms with Gasteiger partial charge in [-0.1, -0.05) is 0 Å². The van der Waals surface area contributed by atoms with Gasteiger partial charge in [0.05, 0.1) is 24.1 Å². The van der Waals surface area contributed by atoms with E-state index in [4.69, 9.17) is 0 Å². The third-order valence-electron chi connectivity index (χ3n) is 3.72. The first-order valence-electron chi connectivity index (χ1n) is 6.91. The van der Waals surface area contributed by atoms with Crippen molar-refractivity contribution in [3.8, 4) is 0 Å². The van der Waals surface area contributed by atoms with Crippen LogP contribution in [0.5, 0.6) is 0 Å². The molecule has 0 aliphatic carbocycles. The summed E-state index contributed by atoms with van der Waals surface area (Å²) < 4.78 is 1.98. The molecule has 0 aromatic carbocycles. The average Bonchev–Trinajstić information content (AvgIpc) is 3.04. The topological polar surface area (TPSA) is 83.9 Å². The summed E-state index contributed by atoms with van der Waals surface area (Å²) in [7, 11) is 0. The minimum atomic E-state index is -0.366. The third-order valence-corrected chi connectivity index (χ3v) is 3.72. The lowest BCUT2D eigenvalue weighted by Crippen LogP contribution is -2.31. The number of nitrogens with one attached hydrogen (secondary N) is 1. The summed E-state index contributed by atoms with van der Waals surface area (Å²) in [5, 5.41) is 4.48. The van der Waals surface area contributed by atoms with Crippen LogP contribution in [0.4, 0.5) is 0 Å². The van der Waals surface area contributed by atoms with Gasteiger partial charge < -0.3 is 9.88 Å². The summed E-state index contributed by atoms with van der Waals surface area (Å²) >= 11 is 0. The highest BCUT2D eigenvalue weighted by molar-refractivity contribution is 5.92. The molecule has 0 radical (unpaired) electrons. The maximum Gasteiger partial charge on any atom is 0.272 e. The number of hydrogen-bond donors (Lipinski definition) is 1. The lowest BCUT2D eigenvalue weighted by Gasteiger charge is -2.17.